The number of benzene rings is 2. The van der Waals surface area contributed by atoms with Crippen molar-refractivity contribution in [2.24, 2.45) is 5.92 Å². The number of aliphatic hydroxyl groups is 8. The Hall–Kier alpha value is -2.69. The summed E-state index contributed by atoms with van der Waals surface area (Å²) in [5.74, 6) is -1.49. The Kier molecular flexibility index (Phi) is 9.74. The third kappa shape index (κ3) is 5.99. The van der Waals surface area contributed by atoms with Crippen molar-refractivity contribution in [1.82, 2.24) is 5.32 Å². The highest BCUT2D eigenvalue weighted by atomic mass is 16.7. The van der Waals surface area contributed by atoms with Crippen LogP contribution in [-0.4, -0.2) is 128 Å². The van der Waals surface area contributed by atoms with E-state index in [4.69, 9.17) is 14.2 Å². The van der Waals surface area contributed by atoms with E-state index >= 15 is 0 Å². The smallest absolute Gasteiger partial charge is 0.251 e. The zero-order valence-electron chi connectivity index (χ0n) is 21.6. The normalized spacial score (nSPS) is 35.1. The predicted octanol–water partition coefficient (Wildman–Crippen LogP) is -2.65. The van der Waals surface area contributed by atoms with Gasteiger partial charge in [0.05, 0.1) is 25.4 Å². The standard InChI is InChI=1S/C27H35NO12/c1-28-26(37)14-4-2-3-13(9-14)12-5-7-15(8-6-12)38-27-22(34)18(19(31)16(10-29)40-27)21(33)25-24(36)23(35)20(32)17(11-30)39-25/h2-9,16-25,27,29-36H,10-11H2,1H3,(H,28,37)/t16-,17-,18-,19-,20-,21?,22+,23-,24-,25-,27+/m1/s1. The molecule has 1 unspecified atom stereocenters. The molecule has 2 aromatic carbocycles. The number of hydrogen-bond acceptors (Lipinski definition) is 12. The van der Waals surface area contributed by atoms with Crippen LogP contribution in [0.5, 0.6) is 5.75 Å². The molecule has 0 aromatic heterocycles. The molecule has 220 valence electrons. The maximum Gasteiger partial charge on any atom is 0.251 e. The highest BCUT2D eigenvalue weighted by molar-refractivity contribution is 5.95. The van der Waals surface area contributed by atoms with Gasteiger partial charge in [0, 0.05) is 18.5 Å². The van der Waals surface area contributed by atoms with Crippen LogP contribution in [0.4, 0.5) is 0 Å². The Balaban J connectivity index is 1.52. The molecule has 2 aliphatic rings. The maximum absolute atomic E-state index is 12.0. The average molecular weight is 566 g/mol. The van der Waals surface area contributed by atoms with E-state index in [2.05, 4.69) is 5.32 Å². The molecule has 2 heterocycles. The van der Waals surface area contributed by atoms with E-state index in [1.807, 2.05) is 6.07 Å². The minimum Gasteiger partial charge on any atom is -0.462 e. The lowest BCUT2D eigenvalue weighted by molar-refractivity contribution is -0.301. The molecule has 13 heteroatoms. The van der Waals surface area contributed by atoms with Gasteiger partial charge in [-0.25, -0.2) is 0 Å². The number of rotatable bonds is 8. The summed E-state index contributed by atoms with van der Waals surface area (Å²) in [5, 5.41) is 85.3. The van der Waals surface area contributed by atoms with Crippen molar-refractivity contribution >= 4 is 5.91 Å². The molecule has 2 aromatic rings. The molecule has 13 nitrogen and oxygen atoms in total. The van der Waals surface area contributed by atoms with Crippen molar-refractivity contribution in [3.05, 3.63) is 54.1 Å². The number of hydrogen-bond donors (Lipinski definition) is 9. The second-order valence-corrected chi connectivity index (χ2v) is 9.87. The van der Waals surface area contributed by atoms with Gasteiger partial charge < -0.3 is 60.4 Å². The summed E-state index contributed by atoms with van der Waals surface area (Å²) in [6.45, 7) is -1.43. The maximum atomic E-state index is 12.0. The lowest BCUT2D eigenvalue weighted by atomic mass is 9.79. The highest BCUT2D eigenvalue weighted by Gasteiger charge is 2.54. The molecule has 4 rings (SSSR count). The fraction of sp³-hybridized carbons (Fsp3) is 0.519. The van der Waals surface area contributed by atoms with E-state index in [9.17, 15) is 45.6 Å². The minimum atomic E-state index is -1.84. The van der Waals surface area contributed by atoms with Crippen molar-refractivity contribution in [3.63, 3.8) is 0 Å². The monoisotopic (exact) mass is 565 g/mol. The predicted molar refractivity (Wildman–Crippen MR) is 137 cm³/mol. The van der Waals surface area contributed by atoms with Crippen molar-refractivity contribution in [2.45, 2.75) is 61.2 Å². The fourth-order valence-electron chi connectivity index (χ4n) is 5.09. The summed E-state index contributed by atoms with van der Waals surface area (Å²) in [7, 11) is 1.54. The van der Waals surface area contributed by atoms with Gasteiger partial charge in [0.15, 0.2) is 0 Å². The zero-order chi connectivity index (χ0) is 29.1. The topological polar surface area (TPSA) is 219 Å². The van der Waals surface area contributed by atoms with E-state index in [0.717, 1.165) is 11.1 Å². The van der Waals surface area contributed by atoms with Gasteiger partial charge in [0.2, 0.25) is 6.29 Å². The number of carbonyl (C=O) groups excluding carboxylic acids is 1. The van der Waals surface area contributed by atoms with Gasteiger partial charge in [0.1, 0.15) is 48.5 Å². The molecule has 40 heavy (non-hydrogen) atoms. The Labute approximate surface area is 229 Å². The number of carbonyl (C=O) groups is 1. The summed E-state index contributed by atoms with van der Waals surface area (Å²) in [5.41, 5.74) is 2.02. The first-order valence-electron chi connectivity index (χ1n) is 12.8. The first kappa shape index (κ1) is 30.3. The second kappa shape index (κ2) is 12.9. The van der Waals surface area contributed by atoms with Crippen LogP contribution >= 0.6 is 0 Å². The Morgan fingerprint density at radius 3 is 2.12 bits per heavy atom. The lowest BCUT2D eigenvalue weighted by Crippen LogP contribution is -2.67. The molecule has 2 fully saturated rings. The number of ether oxygens (including phenoxy) is 3. The number of aliphatic hydroxyl groups excluding tert-OH is 8. The fourth-order valence-corrected chi connectivity index (χ4v) is 5.09. The van der Waals surface area contributed by atoms with Crippen molar-refractivity contribution < 1.29 is 59.9 Å². The van der Waals surface area contributed by atoms with Gasteiger partial charge in [-0.2, -0.15) is 0 Å². The van der Waals surface area contributed by atoms with Crippen LogP contribution in [-0.2, 0) is 9.47 Å². The van der Waals surface area contributed by atoms with Gasteiger partial charge in [-0.05, 0) is 35.4 Å². The quantitative estimate of drug-likeness (QED) is 0.160. The summed E-state index contributed by atoms with van der Waals surface area (Å²) in [4.78, 5) is 12.0. The van der Waals surface area contributed by atoms with E-state index in [1.54, 1.807) is 42.5 Å². The number of nitrogens with one attached hydrogen (secondary N) is 1. The summed E-state index contributed by atoms with van der Waals surface area (Å²) in [6.07, 6.45) is -16.2. The molecule has 1 amide bonds. The molecule has 2 aliphatic heterocycles. The third-order valence-electron chi connectivity index (χ3n) is 7.39. The van der Waals surface area contributed by atoms with Crippen molar-refractivity contribution in [1.29, 1.82) is 0 Å². The average Bonchev–Trinajstić information content (AvgIpc) is 2.97. The first-order chi connectivity index (χ1) is 19.1. The SMILES string of the molecule is CNC(=O)c1cccc(-c2ccc(O[C@H]3O[C@H](CO)[C@@H](O)[C@H](C(O)[C@H]4O[C@H](CO)[C@@H](O)[C@@H](O)[C@H]4O)[C@@H]3O)cc2)c1. The van der Waals surface area contributed by atoms with Gasteiger partial charge in [-0.1, -0.05) is 24.3 Å². The summed E-state index contributed by atoms with van der Waals surface area (Å²) < 4.78 is 16.7. The second-order valence-electron chi connectivity index (χ2n) is 9.87. The Bertz CT molecular complexity index is 1130. The van der Waals surface area contributed by atoms with Crippen LogP contribution in [0.3, 0.4) is 0 Å². The molecular formula is C27H35NO12. The van der Waals surface area contributed by atoms with Crippen molar-refractivity contribution in [3.8, 4) is 16.9 Å². The van der Waals surface area contributed by atoms with Gasteiger partial charge >= 0.3 is 0 Å². The molecule has 0 bridgehead atoms. The largest absolute Gasteiger partial charge is 0.462 e. The highest BCUT2D eigenvalue weighted by Crippen LogP contribution is 2.35. The van der Waals surface area contributed by atoms with Crippen LogP contribution in [0.15, 0.2) is 48.5 Å². The zero-order valence-corrected chi connectivity index (χ0v) is 21.6. The van der Waals surface area contributed by atoms with Crippen LogP contribution in [0.1, 0.15) is 10.4 Å². The van der Waals surface area contributed by atoms with Gasteiger partial charge in [0.25, 0.3) is 5.91 Å². The lowest BCUT2D eigenvalue weighted by Gasteiger charge is -2.48. The van der Waals surface area contributed by atoms with Crippen LogP contribution in [0.2, 0.25) is 0 Å². The van der Waals surface area contributed by atoms with Crippen LogP contribution in [0, 0.1) is 5.92 Å². The Morgan fingerprint density at radius 1 is 0.850 bits per heavy atom. The molecule has 0 aliphatic carbocycles. The van der Waals surface area contributed by atoms with E-state index < -0.39 is 80.4 Å². The van der Waals surface area contributed by atoms with Gasteiger partial charge in [-0.15, -0.1) is 0 Å². The molecule has 0 saturated carbocycles. The molecule has 9 N–H and O–H groups in total. The van der Waals surface area contributed by atoms with E-state index in [-0.39, 0.29) is 11.7 Å². The Morgan fingerprint density at radius 2 is 1.50 bits per heavy atom. The van der Waals surface area contributed by atoms with Crippen molar-refractivity contribution in [2.75, 3.05) is 20.3 Å². The molecule has 0 radical (unpaired) electrons. The molecular weight excluding hydrogens is 530 g/mol. The molecule has 0 spiro atoms. The van der Waals surface area contributed by atoms with E-state index in [1.165, 1.54) is 7.05 Å². The number of amides is 1. The third-order valence-corrected chi connectivity index (χ3v) is 7.39. The van der Waals surface area contributed by atoms with Crippen LogP contribution in [0.25, 0.3) is 11.1 Å². The summed E-state index contributed by atoms with van der Waals surface area (Å²) >= 11 is 0. The van der Waals surface area contributed by atoms with E-state index in [0.29, 0.717) is 5.56 Å². The first-order valence-corrected chi connectivity index (χ1v) is 12.8. The van der Waals surface area contributed by atoms with Gasteiger partial charge in [-0.3, -0.25) is 4.79 Å². The molecule has 11 atom stereocenters. The molecule has 2 saturated heterocycles. The summed E-state index contributed by atoms with van der Waals surface area (Å²) in [6, 6.07) is 13.6. The van der Waals surface area contributed by atoms with Crippen LogP contribution < -0.4 is 10.1 Å². The minimum absolute atomic E-state index is 0.230.